The van der Waals surface area contributed by atoms with Gasteiger partial charge in [-0.15, -0.1) is 0 Å². The van der Waals surface area contributed by atoms with Crippen molar-refractivity contribution in [3.63, 3.8) is 0 Å². The molecule has 2 aromatic heterocycles. The summed E-state index contributed by atoms with van der Waals surface area (Å²) in [5.41, 5.74) is -2.85. The lowest BCUT2D eigenvalue weighted by atomic mass is 9.98. The van der Waals surface area contributed by atoms with E-state index >= 15 is 0 Å². The number of alkyl halides is 3. The van der Waals surface area contributed by atoms with Crippen LogP contribution in [0.25, 0.3) is 0 Å². The Morgan fingerprint density at radius 1 is 1.26 bits per heavy atom. The van der Waals surface area contributed by atoms with E-state index in [1.807, 2.05) is 0 Å². The second-order valence-corrected chi connectivity index (χ2v) is 6.77. The fourth-order valence-corrected chi connectivity index (χ4v) is 1.91. The minimum absolute atomic E-state index is 0.0925. The number of nitrogens with one attached hydrogen (secondary N) is 1. The molecule has 0 bridgehead atoms. The fraction of sp³-hybridized carbons (Fsp3) is 0.400. The number of hydrogen-bond acceptors (Lipinski definition) is 6. The lowest BCUT2D eigenvalue weighted by Crippen LogP contribution is -2.24. The highest BCUT2D eigenvalue weighted by Crippen LogP contribution is 2.31. The van der Waals surface area contributed by atoms with Gasteiger partial charge in [0.05, 0.1) is 29.1 Å². The molecule has 0 aromatic carbocycles. The molecule has 1 N–H and O–H groups in total. The summed E-state index contributed by atoms with van der Waals surface area (Å²) in [6.07, 6.45) is -1.72. The summed E-state index contributed by atoms with van der Waals surface area (Å²) in [4.78, 5) is 30.3. The predicted molar refractivity (Wildman–Crippen MR) is 87.8 cm³/mol. The van der Waals surface area contributed by atoms with E-state index < -0.39 is 40.0 Å². The molecule has 2 aromatic rings. The van der Waals surface area contributed by atoms with E-state index in [-0.39, 0.29) is 12.4 Å². The number of ether oxygens (including phenoxy) is 1. The summed E-state index contributed by atoms with van der Waals surface area (Å²) in [6.45, 7) is 4.81. The van der Waals surface area contributed by atoms with Gasteiger partial charge in [-0.3, -0.25) is 9.59 Å². The predicted octanol–water partition coefficient (Wildman–Crippen LogP) is 3.14. The molecule has 0 saturated heterocycles. The van der Waals surface area contributed by atoms with Crippen LogP contribution in [0, 0.1) is 5.41 Å². The monoisotopic (exact) mass is 405 g/mol. The molecule has 0 aliphatic rings. The van der Waals surface area contributed by atoms with Crippen molar-refractivity contribution >= 4 is 29.2 Å². The molecule has 1 amide bonds. The molecule has 2 rings (SSSR count). The van der Waals surface area contributed by atoms with Crippen molar-refractivity contribution in [1.29, 1.82) is 0 Å². The number of amides is 1. The van der Waals surface area contributed by atoms with Gasteiger partial charge in [0.2, 0.25) is 5.28 Å². The number of aromatic nitrogens is 4. The Hall–Kier alpha value is -2.69. The molecule has 146 valence electrons. The highest BCUT2D eigenvalue weighted by molar-refractivity contribution is 6.28. The summed E-state index contributed by atoms with van der Waals surface area (Å²) in [5, 5.41) is 5.46. The van der Waals surface area contributed by atoms with Gasteiger partial charge in [0.15, 0.2) is 12.4 Å². The van der Waals surface area contributed by atoms with Gasteiger partial charge in [-0.1, -0.05) is 0 Å². The van der Waals surface area contributed by atoms with Crippen molar-refractivity contribution in [2.45, 2.75) is 33.7 Å². The molecular weight excluding hydrogens is 391 g/mol. The second-order valence-electron chi connectivity index (χ2n) is 6.43. The maximum absolute atomic E-state index is 13.0. The molecule has 0 fully saturated rings. The van der Waals surface area contributed by atoms with E-state index in [1.54, 1.807) is 20.8 Å². The second kappa shape index (κ2) is 7.51. The quantitative estimate of drug-likeness (QED) is 0.619. The van der Waals surface area contributed by atoms with Crippen LogP contribution in [0.4, 0.5) is 18.9 Å². The van der Waals surface area contributed by atoms with Crippen LogP contribution in [0.3, 0.4) is 0 Å². The zero-order valence-electron chi connectivity index (χ0n) is 14.5. The summed E-state index contributed by atoms with van der Waals surface area (Å²) >= 11 is 5.37. The number of hydrogen-bond donors (Lipinski definition) is 1. The molecule has 0 atom stereocenters. The number of nitrogens with zero attached hydrogens (tertiary/aromatic N) is 4. The number of esters is 1. The molecule has 27 heavy (non-hydrogen) atoms. The maximum Gasteiger partial charge on any atom is 0.434 e. The smallest absolute Gasteiger partial charge is 0.434 e. The topological polar surface area (TPSA) is 99.0 Å². The molecule has 0 radical (unpaired) electrons. The van der Waals surface area contributed by atoms with Crippen molar-refractivity contribution in [3.05, 3.63) is 35.1 Å². The summed E-state index contributed by atoms with van der Waals surface area (Å²) in [5.74, 6) is -1.55. The molecule has 2 heterocycles. The average Bonchev–Trinajstić information content (AvgIpc) is 2.98. The van der Waals surface area contributed by atoms with Crippen molar-refractivity contribution < 1.29 is 27.5 Å². The highest BCUT2D eigenvalue weighted by atomic mass is 35.5. The molecule has 0 spiro atoms. The van der Waals surface area contributed by atoms with Crippen LogP contribution < -0.4 is 5.32 Å². The van der Waals surface area contributed by atoms with E-state index in [0.717, 1.165) is 0 Å². The SMILES string of the molecule is CC(C)(C)C(=O)OCn1cc(NC(=O)c2cnc(Cl)nc2C(F)(F)F)cn1. The zero-order valence-corrected chi connectivity index (χ0v) is 15.2. The number of carbonyl (C=O) groups is 2. The van der Waals surface area contributed by atoms with Gasteiger partial charge in [-0.25, -0.2) is 14.6 Å². The molecule has 0 unspecified atom stereocenters. The first kappa shape index (κ1) is 20.6. The van der Waals surface area contributed by atoms with Crippen molar-refractivity contribution in [2.75, 3.05) is 5.32 Å². The van der Waals surface area contributed by atoms with Crippen molar-refractivity contribution in [1.82, 2.24) is 19.7 Å². The Morgan fingerprint density at radius 2 is 1.93 bits per heavy atom. The Balaban J connectivity index is 2.10. The highest BCUT2D eigenvalue weighted by Gasteiger charge is 2.38. The van der Waals surface area contributed by atoms with Gasteiger partial charge in [-0.2, -0.15) is 18.3 Å². The molecule has 0 saturated carbocycles. The van der Waals surface area contributed by atoms with E-state index in [2.05, 4.69) is 20.4 Å². The minimum Gasteiger partial charge on any atom is -0.442 e. The van der Waals surface area contributed by atoms with Gasteiger partial charge in [0.25, 0.3) is 5.91 Å². The van der Waals surface area contributed by atoms with E-state index in [0.29, 0.717) is 6.20 Å². The maximum atomic E-state index is 13.0. The van der Waals surface area contributed by atoms with Gasteiger partial charge in [0.1, 0.15) is 0 Å². The Kier molecular flexibility index (Phi) is 5.73. The number of anilines is 1. The first-order chi connectivity index (χ1) is 12.4. The Morgan fingerprint density at radius 3 is 2.52 bits per heavy atom. The largest absolute Gasteiger partial charge is 0.442 e. The Bertz CT molecular complexity index is 861. The standard InChI is InChI=1S/C15H15ClF3N5O3/c1-14(2,3)12(26)27-7-24-6-8(4-21-24)22-11(25)9-5-20-13(16)23-10(9)15(17,18)19/h4-6H,7H2,1-3H3,(H,22,25). The van der Waals surface area contributed by atoms with Crippen LogP contribution in [-0.2, 0) is 22.4 Å². The van der Waals surface area contributed by atoms with Gasteiger partial charge < -0.3 is 10.1 Å². The molecule has 0 aliphatic heterocycles. The molecule has 0 aliphatic carbocycles. The number of rotatable bonds is 4. The Labute approximate surface area is 156 Å². The number of halogens is 4. The van der Waals surface area contributed by atoms with Gasteiger partial charge >= 0.3 is 12.1 Å². The first-order valence-corrected chi connectivity index (χ1v) is 7.86. The molecule has 12 heteroatoms. The summed E-state index contributed by atoms with van der Waals surface area (Å²) in [7, 11) is 0. The lowest BCUT2D eigenvalue weighted by molar-refractivity contribution is -0.157. The third-order valence-electron chi connectivity index (χ3n) is 3.10. The lowest BCUT2D eigenvalue weighted by Gasteiger charge is -2.16. The van der Waals surface area contributed by atoms with Crippen LogP contribution in [0.15, 0.2) is 18.6 Å². The zero-order chi connectivity index (χ0) is 20.4. The number of carbonyl (C=O) groups excluding carboxylic acids is 2. The van der Waals surface area contributed by atoms with E-state index in [4.69, 9.17) is 16.3 Å². The summed E-state index contributed by atoms with van der Waals surface area (Å²) < 4.78 is 45.3. The van der Waals surface area contributed by atoms with Crippen LogP contribution in [-0.4, -0.2) is 31.6 Å². The van der Waals surface area contributed by atoms with Gasteiger partial charge in [-0.05, 0) is 32.4 Å². The van der Waals surface area contributed by atoms with Crippen molar-refractivity contribution in [2.24, 2.45) is 5.41 Å². The summed E-state index contributed by atoms with van der Waals surface area (Å²) in [6, 6.07) is 0. The van der Waals surface area contributed by atoms with Gasteiger partial charge in [0, 0.05) is 6.20 Å². The average molecular weight is 406 g/mol. The van der Waals surface area contributed by atoms with E-state index in [9.17, 15) is 22.8 Å². The van der Waals surface area contributed by atoms with Crippen LogP contribution >= 0.6 is 11.6 Å². The van der Waals surface area contributed by atoms with Crippen LogP contribution in [0.2, 0.25) is 5.28 Å². The molecule has 8 nitrogen and oxygen atoms in total. The van der Waals surface area contributed by atoms with Crippen molar-refractivity contribution in [3.8, 4) is 0 Å². The third-order valence-corrected chi connectivity index (χ3v) is 3.29. The normalized spacial score (nSPS) is 12.0. The van der Waals surface area contributed by atoms with E-state index in [1.165, 1.54) is 17.1 Å². The third kappa shape index (κ3) is 5.39. The first-order valence-electron chi connectivity index (χ1n) is 7.48. The van der Waals surface area contributed by atoms with Crippen LogP contribution in [0.1, 0.15) is 36.8 Å². The minimum atomic E-state index is -4.88. The van der Waals surface area contributed by atoms with Crippen LogP contribution in [0.5, 0.6) is 0 Å². The molecular formula is C15H15ClF3N5O3. The fourth-order valence-electron chi connectivity index (χ4n) is 1.78.